The molecule has 7 heteroatoms. The summed E-state index contributed by atoms with van der Waals surface area (Å²) in [5.74, 6) is -0.117. The largest absolute Gasteiger partial charge is 0.352 e. The molecule has 2 aliphatic heterocycles. The third-order valence-corrected chi connectivity index (χ3v) is 4.98. The van der Waals surface area contributed by atoms with E-state index in [1.165, 1.54) is 17.7 Å². The topological polar surface area (TPSA) is 73.5 Å². The predicted octanol–water partition coefficient (Wildman–Crippen LogP) is 0.683. The molecule has 0 saturated carbocycles. The molecular formula is C14H20N4O2S. The molecule has 6 nitrogen and oxygen atoms in total. The SMILES string of the molecule is O=C1NC[C@H](C(=O)NC[C@H](c2cccs2)N2CCCC2)N1. The fourth-order valence-electron chi connectivity index (χ4n) is 2.88. The minimum Gasteiger partial charge on any atom is -0.352 e. The Labute approximate surface area is 127 Å². The number of amides is 3. The first kappa shape index (κ1) is 14.3. The van der Waals surface area contributed by atoms with Gasteiger partial charge in [-0.15, -0.1) is 11.3 Å². The Bertz CT molecular complexity index is 499. The van der Waals surface area contributed by atoms with Gasteiger partial charge in [-0.3, -0.25) is 9.69 Å². The van der Waals surface area contributed by atoms with E-state index in [1.807, 2.05) is 6.07 Å². The van der Waals surface area contributed by atoms with Gasteiger partial charge in [0.05, 0.1) is 6.04 Å². The predicted molar refractivity (Wildman–Crippen MR) is 81.2 cm³/mol. The lowest BCUT2D eigenvalue weighted by molar-refractivity contribution is -0.122. The average molecular weight is 308 g/mol. The summed E-state index contributed by atoms with van der Waals surface area (Å²) < 4.78 is 0. The number of thiophene rings is 1. The Morgan fingerprint density at radius 2 is 2.29 bits per heavy atom. The molecule has 114 valence electrons. The summed E-state index contributed by atoms with van der Waals surface area (Å²) >= 11 is 1.73. The summed E-state index contributed by atoms with van der Waals surface area (Å²) in [7, 11) is 0. The van der Waals surface area contributed by atoms with Crippen LogP contribution in [-0.4, -0.2) is 49.1 Å². The van der Waals surface area contributed by atoms with Gasteiger partial charge in [-0.2, -0.15) is 0 Å². The maximum absolute atomic E-state index is 12.1. The Morgan fingerprint density at radius 1 is 1.48 bits per heavy atom. The normalized spacial score (nSPS) is 23.6. The fourth-order valence-corrected chi connectivity index (χ4v) is 3.74. The second-order valence-electron chi connectivity index (χ2n) is 5.43. The van der Waals surface area contributed by atoms with Crippen molar-refractivity contribution in [3.8, 4) is 0 Å². The molecule has 0 spiro atoms. The van der Waals surface area contributed by atoms with Crippen LogP contribution in [0.15, 0.2) is 17.5 Å². The van der Waals surface area contributed by atoms with E-state index in [1.54, 1.807) is 11.3 Å². The van der Waals surface area contributed by atoms with Gasteiger partial charge >= 0.3 is 6.03 Å². The molecule has 2 saturated heterocycles. The number of nitrogens with one attached hydrogen (secondary N) is 3. The van der Waals surface area contributed by atoms with Gasteiger partial charge in [0.1, 0.15) is 6.04 Å². The Kier molecular flexibility index (Phi) is 4.40. The summed E-state index contributed by atoms with van der Waals surface area (Å²) in [6, 6.07) is 3.68. The lowest BCUT2D eigenvalue weighted by atomic mass is 10.2. The molecule has 0 unspecified atom stereocenters. The zero-order chi connectivity index (χ0) is 14.7. The van der Waals surface area contributed by atoms with Crippen LogP contribution in [0.1, 0.15) is 23.8 Å². The molecule has 2 atom stereocenters. The molecule has 1 aromatic rings. The summed E-state index contributed by atoms with van der Waals surface area (Å²) in [4.78, 5) is 26.9. The zero-order valence-electron chi connectivity index (χ0n) is 11.8. The highest BCUT2D eigenvalue weighted by Gasteiger charge is 2.29. The lowest BCUT2D eigenvalue weighted by Crippen LogP contribution is -2.45. The van der Waals surface area contributed by atoms with Crippen molar-refractivity contribution in [3.05, 3.63) is 22.4 Å². The van der Waals surface area contributed by atoms with Crippen LogP contribution in [0.25, 0.3) is 0 Å². The van der Waals surface area contributed by atoms with Crippen LogP contribution in [0.2, 0.25) is 0 Å². The molecular weight excluding hydrogens is 288 g/mol. The first-order valence-corrected chi connectivity index (χ1v) is 8.21. The van der Waals surface area contributed by atoms with Crippen molar-refractivity contribution >= 4 is 23.3 Å². The first-order chi connectivity index (χ1) is 10.2. The summed E-state index contributed by atoms with van der Waals surface area (Å²) in [6.07, 6.45) is 2.44. The van der Waals surface area contributed by atoms with Crippen LogP contribution in [0.5, 0.6) is 0 Å². The van der Waals surface area contributed by atoms with Crippen molar-refractivity contribution in [2.24, 2.45) is 0 Å². The van der Waals surface area contributed by atoms with E-state index in [2.05, 4.69) is 32.3 Å². The second kappa shape index (κ2) is 6.44. The quantitative estimate of drug-likeness (QED) is 0.749. The molecule has 0 bridgehead atoms. The molecule has 2 fully saturated rings. The molecule has 3 heterocycles. The van der Waals surface area contributed by atoms with E-state index >= 15 is 0 Å². The maximum Gasteiger partial charge on any atom is 0.315 e. The van der Waals surface area contributed by atoms with Gasteiger partial charge in [0.15, 0.2) is 0 Å². The molecule has 3 rings (SSSR count). The number of carbonyl (C=O) groups excluding carboxylic acids is 2. The van der Waals surface area contributed by atoms with E-state index in [-0.39, 0.29) is 18.0 Å². The second-order valence-corrected chi connectivity index (χ2v) is 6.41. The number of carbonyl (C=O) groups is 2. The molecule has 1 aromatic heterocycles. The Hall–Kier alpha value is -1.60. The van der Waals surface area contributed by atoms with Crippen LogP contribution >= 0.6 is 11.3 Å². The van der Waals surface area contributed by atoms with Crippen LogP contribution in [0.3, 0.4) is 0 Å². The van der Waals surface area contributed by atoms with E-state index < -0.39 is 6.04 Å². The number of hydrogen-bond donors (Lipinski definition) is 3. The standard InChI is InChI=1S/C14H20N4O2S/c19-13(10-8-16-14(20)17-10)15-9-11(12-4-3-7-21-12)18-5-1-2-6-18/h3-4,7,10-11H,1-2,5-6,8-9H2,(H,15,19)(H2,16,17,20)/t10-,11-/m1/s1. The summed E-state index contributed by atoms with van der Waals surface area (Å²) in [5.41, 5.74) is 0. The molecule has 2 aliphatic rings. The molecule has 0 aliphatic carbocycles. The van der Waals surface area contributed by atoms with Crippen LogP contribution < -0.4 is 16.0 Å². The van der Waals surface area contributed by atoms with Crippen LogP contribution in [0, 0.1) is 0 Å². The van der Waals surface area contributed by atoms with Gasteiger partial charge in [0, 0.05) is 18.0 Å². The number of urea groups is 1. The highest BCUT2D eigenvalue weighted by Crippen LogP contribution is 2.27. The van der Waals surface area contributed by atoms with Gasteiger partial charge in [-0.1, -0.05) is 6.07 Å². The van der Waals surface area contributed by atoms with Crippen LogP contribution in [0.4, 0.5) is 4.79 Å². The smallest absolute Gasteiger partial charge is 0.315 e. The maximum atomic E-state index is 12.1. The molecule has 0 radical (unpaired) electrons. The number of nitrogens with zero attached hydrogens (tertiary/aromatic N) is 1. The van der Waals surface area contributed by atoms with Crippen molar-refractivity contribution in [1.29, 1.82) is 0 Å². The number of hydrogen-bond acceptors (Lipinski definition) is 4. The highest BCUT2D eigenvalue weighted by molar-refractivity contribution is 7.10. The molecule has 3 N–H and O–H groups in total. The third-order valence-electron chi connectivity index (χ3n) is 4.01. The summed E-state index contributed by atoms with van der Waals surface area (Å²) in [5, 5.41) is 10.3. The molecule has 3 amide bonds. The minimum atomic E-state index is -0.458. The Morgan fingerprint density at radius 3 is 2.90 bits per heavy atom. The van der Waals surface area contributed by atoms with Crippen molar-refractivity contribution in [2.75, 3.05) is 26.2 Å². The molecule has 0 aromatic carbocycles. The van der Waals surface area contributed by atoms with E-state index in [0.717, 1.165) is 13.1 Å². The van der Waals surface area contributed by atoms with Gasteiger partial charge < -0.3 is 16.0 Å². The van der Waals surface area contributed by atoms with Crippen molar-refractivity contribution in [1.82, 2.24) is 20.9 Å². The minimum absolute atomic E-state index is 0.117. The Balaban J connectivity index is 1.59. The number of rotatable bonds is 5. The lowest BCUT2D eigenvalue weighted by Gasteiger charge is -2.27. The molecule has 21 heavy (non-hydrogen) atoms. The van der Waals surface area contributed by atoms with Crippen molar-refractivity contribution < 1.29 is 9.59 Å². The van der Waals surface area contributed by atoms with Gasteiger partial charge in [0.25, 0.3) is 0 Å². The zero-order valence-corrected chi connectivity index (χ0v) is 12.6. The first-order valence-electron chi connectivity index (χ1n) is 7.33. The van der Waals surface area contributed by atoms with E-state index in [0.29, 0.717) is 13.1 Å². The monoisotopic (exact) mass is 308 g/mol. The van der Waals surface area contributed by atoms with Gasteiger partial charge in [0.2, 0.25) is 5.91 Å². The third kappa shape index (κ3) is 3.36. The van der Waals surface area contributed by atoms with Gasteiger partial charge in [-0.25, -0.2) is 4.79 Å². The highest BCUT2D eigenvalue weighted by atomic mass is 32.1. The average Bonchev–Trinajstić information content (AvgIpc) is 3.21. The van der Waals surface area contributed by atoms with E-state index in [9.17, 15) is 9.59 Å². The van der Waals surface area contributed by atoms with Gasteiger partial charge in [-0.05, 0) is 37.4 Å². The van der Waals surface area contributed by atoms with Crippen LogP contribution in [-0.2, 0) is 4.79 Å². The summed E-state index contributed by atoms with van der Waals surface area (Å²) in [6.45, 7) is 3.12. The van der Waals surface area contributed by atoms with Crippen molar-refractivity contribution in [3.63, 3.8) is 0 Å². The number of likely N-dealkylation sites (tertiary alicyclic amines) is 1. The van der Waals surface area contributed by atoms with E-state index in [4.69, 9.17) is 0 Å². The van der Waals surface area contributed by atoms with Crippen molar-refractivity contribution in [2.45, 2.75) is 24.9 Å². The fraction of sp³-hybridized carbons (Fsp3) is 0.571.